The highest BCUT2D eigenvalue weighted by Crippen LogP contribution is 2.26. The van der Waals surface area contributed by atoms with Gasteiger partial charge in [-0.25, -0.2) is 0 Å². The van der Waals surface area contributed by atoms with Crippen LogP contribution in [-0.4, -0.2) is 47.4 Å². The van der Waals surface area contributed by atoms with Crippen LogP contribution in [0.3, 0.4) is 0 Å². The minimum Gasteiger partial charge on any atom is -0.378 e. The normalized spacial score (nSPS) is 14.9. The van der Waals surface area contributed by atoms with Gasteiger partial charge in [0.05, 0.1) is 24.4 Å². The van der Waals surface area contributed by atoms with Gasteiger partial charge in [0, 0.05) is 28.7 Å². The lowest BCUT2D eigenvalue weighted by Gasteiger charge is -2.27. The molecule has 0 atom stereocenters. The number of morpholine rings is 1. The predicted molar refractivity (Wildman–Crippen MR) is 111 cm³/mol. The fourth-order valence-corrected chi connectivity index (χ4v) is 4.48. The lowest BCUT2D eigenvalue weighted by atomic mass is 10.2. The highest BCUT2D eigenvalue weighted by atomic mass is 35.5. The van der Waals surface area contributed by atoms with Crippen molar-refractivity contribution in [2.24, 2.45) is 5.10 Å². The molecule has 0 amide bonds. The van der Waals surface area contributed by atoms with Gasteiger partial charge in [-0.15, -0.1) is 21.5 Å². The van der Waals surface area contributed by atoms with E-state index >= 15 is 0 Å². The zero-order valence-corrected chi connectivity index (χ0v) is 16.9. The van der Waals surface area contributed by atoms with Gasteiger partial charge in [0.1, 0.15) is 6.33 Å². The molecule has 1 aliphatic rings. The van der Waals surface area contributed by atoms with E-state index in [0.717, 1.165) is 47.1 Å². The Labute approximate surface area is 170 Å². The summed E-state index contributed by atoms with van der Waals surface area (Å²) in [6.07, 6.45) is 3.47. The van der Waals surface area contributed by atoms with Crippen molar-refractivity contribution >= 4 is 45.9 Å². The summed E-state index contributed by atoms with van der Waals surface area (Å²) >= 11 is 9.24. The first-order valence-corrected chi connectivity index (χ1v) is 10.7. The molecule has 2 aromatic heterocycles. The topological polar surface area (TPSA) is 55.5 Å². The third-order valence-electron chi connectivity index (χ3n) is 4.03. The fourth-order valence-electron chi connectivity index (χ4n) is 2.61. The summed E-state index contributed by atoms with van der Waals surface area (Å²) in [5.74, 6) is 0.783. The van der Waals surface area contributed by atoms with Crippen molar-refractivity contribution in [1.82, 2.24) is 14.9 Å². The summed E-state index contributed by atoms with van der Waals surface area (Å²) < 4.78 is 7.11. The molecule has 1 aromatic carbocycles. The minimum absolute atomic E-state index is 0.740. The first-order valence-electron chi connectivity index (χ1n) is 8.52. The molecular weight excluding hydrogens is 402 g/mol. The maximum absolute atomic E-state index is 5.93. The van der Waals surface area contributed by atoms with E-state index in [1.165, 1.54) is 10.6 Å². The lowest BCUT2D eigenvalue weighted by molar-refractivity contribution is 0.123. The molecule has 1 saturated heterocycles. The van der Waals surface area contributed by atoms with Crippen molar-refractivity contribution in [3.05, 3.63) is 58.2 Å². The molecular formula is C18H18ClN5OS2. The summed E-state index contributed by atoms with van der Waals surface area (Å²) in [7, 11) is 0. The number of thiophene rings is 1. The van der Waals surface area contributed by atoms with E-state index in [1.54, 1.807) is 34.1 Å². The van der Waals surface area contributed by atoms with E-state index in [-0.39, 0.29) is 0 Å². The zero-order chi connectivity index (χ0) is 18.5. The highest BCUT2D eigenvalue weighted by molar-refractivity contribution is 7.98. The Morgan fingerprint density at radius 1 is 1.19 bits per heavy atom. The van der Waals surface area contributed by atoms with Crippen LogP contribution in [-0.2, 0) is 10.5 Å². The summed E-state index contributed by atoms with van der Waals surface area (Å²) in [5.41, 5.74) is 1.18. The third kappa shape index (κ3) is 4.90. The number of ether oxygens (including phenoxy) is 1. The molecule has 0 unspecified atom stereocenters. The van der Waals surface area contributed by atoms with Gasteiger partial charge >= 0.3 is 0 Å². The van der Waals surface area contributed by atoms with Crippen LogP contribution in [0.4, 0.5) is 5.00 Å². The van der Waals surface area contributed by atoms with Gasteiger partial charge < -0.3 is 9.64 Å². The molecule has 9 heteroatoms. The quantitative estimate of drug-likeness (QED) is 0.446. The third-order valence-corrected chi connectivity index (χ3v) is 6.36. The minimum atomic E-state index is 0.740. The summed E-state index contributed by atoms with van der Waals surface area (Å²) in [6, 6.07) is 12.0. The van der Waals surface area contributed by atoms with Crippen LogP contribution in [0.25, 0.3) is 0 Å². The molecule has 1 fully saturated rings. The molecule has 1 aliphatic heterocycles. The number of nitrogens with zero attached hydrogens (tertiary/aromatic N) is 5. The Kier molecular flexibility index (Phi) is 6.08. The summed E-state index contributed by atoms with van der Waals surface area (Å²) in [6.45, 7) is 3.45. The molecule has 0 bridgehead atoms. The van der Waals surface area contributed by atoms with Crippen LogP contribution in [0.2, 0.25) is 5.02 Å². The van der Waals surface area contributed by atoms with Crippen molar-refractivity contribution in [3.8, 4) is 0 Å². The largest absolute Gasteiger partial charge is 0.378 e. The standard InChI is InChI=1S/C18H18ClN5OS2/c19-15-3-1-14(2-4-15)12-26-18-22-20-13-24(18)21-11-16-5-6-17(27-16)23-7-9-25-10-8-23/h1-6,11,13H,7-10,12H2/b21-11+. The molecule has 0 spiro atoms. The van der Waals surface area contributed by atoms with Crippen molar-refractivity contribution in [1.29, 1.82) is 0 Å². The van der Waals surface area contributed by atoms with E-state index in [4.69, 9.17) is 16.3 Å². The number of aromatic nitrogens is 3. The SMILES string of the molecule is Clc1ccc(CSc2nncn2/N=C/c2ccc(N3CCOCC3)s2)cc1. The van der Waals surface area contributed by atoms with E-state index in [1.807, 2.05) is 30.5 Å². The Balaban J connectivity index is 1.39. The van der Waals surface area contributed by atoms with Crippen molar-refractivity contribution < 1.29 is 4.74 Å². The van der Waals surface area contributed by atoms with Gasteiger partial charge in [0.2, 0.25) is 5.16 Å². The van der Waals surface area contributed by atoms with E-state index in [0.29, 0.717) is 0 Å². The number of anilines is 1. The van der Waals surface area contributed by atoms with Crippen LogP contribution >= 0.6 is 34.7 Å². The molecule has 0 radical (unpaired) electrons. The lowest BCUT2D eigenvalue weighted by Crippen LogP contribution is -2.35. The first kappa shape index (κ1) is 18.5. The predicted octanol–water partition coefficient (Wildman–Crippen LogP) is 4.00. The number of benzene rings is 1. The molecule has 3 heterocycles. The monoisotopic (exact) mass is 419 g/mol. The Morgan fingerprint density at radius 3 is 2.81 bits per heavy atom. The number of hydrogen-bond donors (Lipinski definition) is 0. The second kappa shape index (κ2) is 8.88. The Hall–Kier alpha value is -1.87. The second-order valence-electron chi connectivity index (χ2n) is 5.89. The van der Waals surface area contributed by atoms with Gasteiger partial charge in [0.15, 0.2) is 0 Å². The first-order chi connectivity index (χ1) is 13.3. The Bertz CT molecular complexity index is 903. The Morgan fingerprint density at radius 2 is 2.00 bits per heavy atom. The molecule has 0 saturated carbocycles. The van der Waals surface area contributed by atoms with Crippen molar-refractivity contribution in [2.45, 2.75) is 10.9 Å². The van der Waals surface area contributed by atoms with Gasteiger partial charge in [-0.2, -0.15) is 9.78 Å². The van der Waals surface area contributed by atoms with Crippen LogP contribution in [0.1, 0.15) is 10.4 Å². The van der Waals surface area contributed by atoms with Crippen molar-refractivity contribution in [3.63, 3.8) is 0 Å². The van der Waals surface area contributed by atoms with Crippen LogP contribution in [0.15, 0.2) is 53.0 Å². The highest BCUT2D eigenvalue weighted by Gasteiger charge is 2.12. The smallest absolute Gasteiger partial charge is 0.212 e. The maximum atomic E-state index is 5.93. The number of halogens is 1. The van der Waals surface area contributed by atoms with Gasteiger partial charge in [0.25, 0.3) is 0 Å². The zero-order valence-electron chi connectivity index (χ0n) is 14.5. The summed E-state index contributed by atoms with van der Waals surface area (Å²) in [5, 5.41) is 15.4. The van der Waals surface area contributed by atoms with Gasteiger partial charge in [-0.1, -0.05) is 35.5 Å². The van der Waals surface area contributed by atoms with Crippen LogP contribution in [0.5, 0.6) is 0 Å². The van der Waals surface area contributed by atoms with E-state index in [2.05, 4.69) is 32.3 Å². The molecule has 3 aromatic rings. The second-order valence-corrected chi connectivity index (χ2v) is 8.37. The molecule has 6 nitrogen and oxygen atoms in total. The van der Waals surface area contributed by atoms with E-state index in [9.17, 15) is 0 Å². The van der Waals surface area contributed by atoms with Gasteiger partial charge in [-0.05, 0) is 29.8 Å². The number of thioether (sulfide) groups is 1. The van der Waals surface area contributed by atoms with E-state index < -0.39 is 0 Å². The molecule has 0 N–H and O–H groups in total. The van der Waals surface area contributed by atoms with Crippen LogP contribution in [0, 0.1) is 0 Å². The molecule has 140 valence electrons. The fraction of sp³-hybridized carbons (Fsp3) is 0.278. The molecule has 4 rings (SSSR count). The number of hydrogen-bond acceptors (Lipinski definition) is 7. The average molecular weight is 420 g/mol. The maximum Gasteiger partial charge on any atom is 0.212 e. The van der Waals surface area contributed by atoms with Gasteiger partial charge in [-0.3, -0.25) is 0 Å². The molecule has 0 aliphatic carbocycles. The van der Waals surface area contributed by atoms with Crippen molar-refractivity contribution in [2.75, 3.05) is 31.2 Å². The van der Waals surface area contributed by atoms with Crippen LogP contribution < -0.4 is 4.90 Å². The molecule has 27 heavy (non-hydrogen) atoms. The summed E-state index contributed by atoms with van der Waals surface area (Å²) in [4.78, 5) is 3.44. The number of rotatable bonds is 6. The average Bonchev–Trinajstić information content (AvgIpc) is 3.36.